The van der Waals surface area contributed by atoms with Crippen LogP contribution in [0.25, 0.3) is 10.1 Å². The monoisotopic (exact) mass is 293 g/mol. The molecule has 18 heavy (non-hydrogen) atoms. The topological polar surface area (TPSA) is 49.3 Å². The smallest absolute Gasteiger partial charge is 0.461 e. The van der Waals surface area contributed by atoms with Crippen molar-refractivity contribution in [2.75, 3.05) is 4.72 Å². The molecule has 0 atom stereocenters. The van der Waals surface area contributed by atoms with E-state index >= 15 is 0 Å². The molecule has 1 heterocycles. The number of hydrogen-bond acceptors (Lipinski definition) is 4. The second-order valence-corrected chi connectivity index (χ2v) is 5.27. The zero-order valence-corrected chi connectivity index (χ0v) is 10.2. The number of nitrogens with one attached hydrogen (secondary N) is 1. The Bertz CT molecular complexity index is 594. The van der Waals surface area contributed by atoms with Crippen molar-refractivity contribution in [3.8, 4) is 0 Å². The molecule has 2 N–H and O–H groups in total. The lowest BCUT2D eigenvalue weighted by atomic mass is 10.2. The Morgan fingerprint density at radius 2 is 2.06 bits per heavy atom. The van der Waals surface area contributed by atoms with Crippen LogP contribution in [0.1, 0.15) is 9.67 Å². The van der Waals surface area contributed by atoms with Crippen LogP contribution in [0, 0.1) is 0 Å². The fraction of sp³-hybridized carbons (Fsp3) is 0.100. The van der Waals surface area contributed by atoms with Gasteiger partial charge in [-0.2, -0.15) is 13.2 Å². The van der Waals surface area contributed by atoms with Gasteiger partial charge in [0.05, 0.1) is 11.9 Å². The molecule has 0 bridgehead atoms. The summed E-state index contributed by atoms with van der Waals surface area (Å²) < 4.78 is 38.9. The van der Waals surface area contributed by atoms with E-state index in [1.54, 1.807) is 6.07 Å². The van der Waals surface area contributed by atoms with Crippen molar-refractivity contribution in [1.29, 1.82) is 0 Å². The zero-order chi connectivity index (χ0) is 13.3. The fourth-order valence-electron chi connectivity index (χ4n) is 1.33. The van der Waals surface area contributed by atoms with Gasteiger partial charge in [0.1, 0.15) is 4.88 Å². The zero-order valence-electron chi connectivity index (χ0n) is 8.62. The summed E-state index contributed by atoms with van der Waals surface area (Å²) in [6, 6.07) is 5.98. The first-order valence-corrected chi connectivity index (χ1v) is 6.26. The molecule has 0 fully saturated rings. The Balaban J connectivity index is 2.24. The number of benzene rings is 1. The lowest BCUT2D eigenvalue weighted by Crippen LogP contribution is -2.04. The van der Waals surface area contributed by atoms with Crippen molar-refractivity contribution in [1.82, 2.24) is 0 Å². The maximum Gasteiger partial charge on any atom is 0.461 e. The molecule has 1 aromatic heterocycles. The number of thiophene rings is 1. The first kappa shape index (κ1) is 13.0. The van der Waals surface area contributed by atoms with Gasteiger partial charge in [-0.15, -0.1) is 11.3 Å². The van der Waals surface area contributed by atoms with Gasteiger partial charge < -0.3 is 9.83 Å². The van der Waals surface area contributed by atoms with E-state index in [1.165, 1.54) is 18.2 Å². The van der Waals surface area contributed by atoms with E-state index in [2.05, 4.69) is 4.72 Å². The molecule has 0 radical (unpaired) electrons. The Kier molecular flexibility index (Phi) is 3.40. The highest BCUT2D eigenvalue weighted by Crippen LogP contribution is 2.33. The van der Waals surface area contributed by atoms with Gasteiger partial charge in [-0.05, 0) is 29.7 Å². The van der Waals surface area contributed by atoms with Gasteiger partial charge in [0.15, 0.2) is 0 Å². The van der Waals surface area contributed by atoms with Crippen LogP contribution in [0.2, 0.25) is 0 Å². The molecule has 3 nitrogen and oxygen atoms in total. The third-order valence-corrected chi connectivity index (χ3v) is 3.68. The maximum absolute atomic E-state index is 12.0. The van der Waals surface area contributed by atoms with Crippen LogP contribution >= 0.6 is 23.3 Å². The Hall–Kier alpha value is -1.41. The summed E-state index contributed by atoms with van der Waals surface area (Å²) in [6.45, 7) is 0. The summed E-state index contributed by atoms with van der Waals surface area (Å²) in [5.41, 5.74) is -4.09. The first-order valence-electron chi connectivity index (χ1n) is 4.63. The first-order chi connectivity index (χ1) is 8.35. The van der Waals surface area contributed by atoms with Gasteiger partial charge in [-0.1, -0.05) is 0 Å². The molecule has 0 saturated heterocycles. The van der Waals surface area contributed by atoms with Gasteiger partial charge in [0, 0.05) is 10.4 Å². The second-order valence-electron chi connectivity index (χ2n) is 3.32. The minimum Gasteiger partial charge on any atom is -0.477 e. The molecular weight excluding hydrogens is 287 g/mol. The van der Waals surface area contributed by atoms with E-state index in [4.69, 9.17) is 5.11 Å². The highest BCUT2D eigenvalue weighted by molar-refractivity contribution is 8.01. The third kappa shape index (κ3) is 3.08. The molecule has 0 amide bonds. The lowest BCUT2D eigenvalue weighted by Gasteiger charge is -2.07. The van der Waals surface area contributed by atoms with Crippen molar-refractivity contribution in [3.05, 3.63) is 29.1 Å². The van der Waals surface area contributed by atoms with E-state index in [9.17, 15) is 18.0 Å². The van der Waals surface area contributed by atoms with Crippen LogP contribution in [-0.4, -0.2) is 16.6 Å². The number of hydrogen-bond donors (Lipinski definition) is 2. The highest BCUT2D eigenvalue weighted by atomic mass is 32.2. The Labute approximate surface area is 108 Å². The number of fused-ring (bicyclic) bond motifs is 1. The molecule has 96 valence electrons. The summed E-state index contributed by atoms with van der Waals surface area (Å²) in [5.74, 6) is -1.05. The van der Waals surface area contributed by atoms with Gasteiger partial charge >= 0.3 is 11.5 Å². The van der Waals surface area contributed by atoms with Crippen LogP contribution < -0.4 is 4.72 Å². The number of halogens is 3. The molecule has 0 unspecified atom stereocenters. The molecular formula is C10H6F3NO2S2. The largest absolute Gasteiger partial charge is 0.477 e. The van der Waals surface area contributed by atoms with Crippen molar-refractivity contribution >= 4 is 45.0 Å². The molecule has 0 spiro atoms. The number of carbonyl (C=O) groups is 1. The quantitative estimate of drug-likeness (QED) is 0.833. The van der Waals surface area contributed by atoms with E-state index in [1.807, 2.05) is 0 Å². The molecule has 0 aliphatic heterocycles. The van der Waals surface area contributed by atoms with E-state index < -0.39 is 11.5 Å². The third-order valence-electron chi connectivity index (χ3n) is 2.01. The number of rotatable bonds is 3. The Morgan fingerprint density at radius 1 is 1.33 bits per heavy atom. The number of carboxylic acid groups (broad SMARTS) is 1. The van der Waals surface area contributed by atoms with Gasteiger partial charge in [-0.25, -0.2) is 4.79 Å². The summed E-state index contributed by atoms with van der Waals surface area (Å²) in [4.78, 5) is 10.9. The number of anilines is 1. The van der Waals surface area contributed by atoms with Crippen molar-refractivity contribution in [2.24, 2.45) is 0 Å². The van der Waals surface area contributed by atoms with Gasteiger partial charge in [-0.3, -0.25) is 0 Å². The average molecular weight is 293 g/mol. The summed E-state index contributed by atoms with van der Waals surface area (Å²) in [5, 5.41) is 9.41. The van der Waals surface area contributed by atoms with E-state index in [-0.39, 0.29) is 22.5 Å². The summed E-state index contributed by atoms with van der Waals surface area (Å²) in [6.07, 6.45) is 0. The molecule has 0 aliphatic carbocycles. The molecule has 1 aromatic carbocycles. The molecule has 8 heteroatoms. The number of alkyl halides is 3. The predicted octanol–water partition coefficient (Wildman–Crippen LogP) is 4.18. The maximum atomic E-state index is 12.0. The predicted molar refractivity (Wildman–Crippen MR) is 66.1 cm³/mol. The fourth-order valence-corrected chi connectivity index (χ4v) is 2.57. The summed E-state index contributed by atoms with van der Waals surface area (Å²) >= 11 is 0.727. The van der Waals surface area contributed by atoms with Crippen LogP contribution in [0.3, 0.4) is 0 Å². The van der Waals surface area contributed by atoms with Crippen LogP contribution in [0.4, 0.5) is 18.9 Å². The number of carboxylic acids is 1. The highest BCUT2D eigenvalue weighted by Gasteiger charge is 2.28. The van der Waals surface area contributed by atoms with Gasteiger partial charge in [0.25, 0.3) is 0 Å². The SMILES string of the molecule is O=C(O)c1cc2cc(NSC(F)(F)F)ccc2s1. The second kappa shape index (κ2) is 4.69. The minimum atomic E-state index is -4.37. The summed E-state index contributed by atoms with van der Waals surface area (Å²) in [7, 11) is 0. The van der Waals surface area contributed by atoms with Crippen molar-refractivity contribution in [2.45, 2.75) is 5.51 Å². The molecule has 2 rings (SSSR count). The molecule has 2 aromatic rings. The van der Waals surface area contributed by atoms with E-state index in [0.29, 0.717) is 5.39 Å². The molecule has 0 saturated carbocycles. The van der Waals surface area contributed by atoms with E-state index in [0.717, 1.165) is 16.0 Å². The normalized spacial score (nSPS) is 11.7. The van der Waals surface area contributed by atoms with Crippen LogP contribution in [0.5, 0.6) is 0 Å². The van der Waals surface area contributed by atoms with Gasteiger partial charge in [0.2, 0.25) is 0 Å². The molecule has 0 aliphatic rings. The average Bonchev–Trinajstić information content (AvgIpc) is 2.68. The van der Waals surface area contributed by atoms with Crippen molar-refractivity contribution < 1.29 is 23.1 Å². The lowest BCUT2D eigenvalue weighted by molar-refractivity contribution is -0.0323. The van der Waals surface area contributed by atoms with Crippen LogP contribution in [-0.2, 0) is 0 Å². The Morgan fingerprint density at radius 3 is 2.67 bits per heavy atom. The van der Waals surface area contributed by atoms with Crippen LogP contribution in [0.15, 0.2) is 24.3 Å². The number of aromatic carboxylic acids is 1. The van der Waals surface area contributed by atoms with Crippen molar-refractivity contribution in [3.63, 3.8) is 0 Å². The standard InChI is InChI=1S/C10H6F3NO2S2/c11-10(12,13)18-14-6-1-2-7-5(3-6)4-8(17-7)9(15)16/h1-4,14H,(H,15,16). The minimum absolute atomic E-state index is 0.158.